The number of hydrogen-bond donors (Lipinski definition) is 0. The van der Waals surface area contributed by atoms with Gasteiger partial charge in [0, 0.05) is 12.4 Å². The van der Waals surface area contributed by atoms with Gasteiger partial charge >= 0.3 is 11.1 Å². The molecule has 1 aromatic carbocycles. The van der Waals surface area contributed by atoms with Crippen LogP contribution in [0.1, 0.15) is 5.89 Å². The van der Waals surface area contributed by atoms with Crippen molar-refractivity contribution in [3.05, 3.63) is 80.8 Å². The van der Waals surface area contributed by atoms with Crippen molar-refractivity contribution in [1.29, 1.82) is 0 Å². The molecule has 0 saturated carbocycles. The number of aromatic nitrogens is 4. The molecule has 4 rings (SSSR count). The van der Waals surface area contributed by atoms with Crippen LogP contribution in [0.2, 0.25) is 0 Å². The molecule has 0 N–H and O–H groups in total. The Balaban J connectivity index is 1.67. The summed E-state index contributed by atoms with van der Waals surface area (Å²) in [6.45, 7) is 0.0131. The molecule has 4 aromatic rings. The molecule has 0 bridgehead atoms. The zero-order valence-corrected chi connectivity index (χ0v) is 15.0. The Labute approximate surface area is 156 Å². The topological polar surface area (TPSA) is 92.2 Å². The summed E-state index contributed by atoms with van der Waals surface area (Å²) >= 11 is 1.49. The van der Waals surface area contributed by atoms with Crippen LogP contribution in [0, 0.1) is 0 Å². The Hall–Kier alpha value is -3.46. The lowest BCUT2D eigenvalue weighted by atomic mass is 10.3. The molecule has 0 spiro atoms. The first-order valence-electron chi connectivity index (χ1n) is 7.99. The van der Waals surface area contributed by atoms with Crippen LogP contribution in [0.3, 0.4) is 0 Å². The maximum Gasteiger partial charge on any atom is 0.321 e. The summed E-state index contributed by atoms with van der Waals surface area (Å²) in [7, 11) is 1.51. The average molecular weight is 382 g/mol. The minimum Gasteiger partial charge on any atom is -0.495 e. The van der Waals surface area contributed by atoms with Crippen LogP contribution >= 0.6 is 11.3 Å². The van der Waals surface area contributed by atoms with Crippen molar-refractivity contribution in [2.75, 3.05) is 7.11 Å². The number of hydrogen-bond acceptors (Lipinski definition) is 7. The van der Waals surface area contributed by atoms with E-state index >= 15 is 0 Å². The van der Waals surface area contributed by atoms with E-state index in [9.17, 15) is 9.59 Å². The van der Waals surface area contributed by atoms with Gasteiger partial charge in [0.2, 0.25) is 11.7 Å². The molecule has 0 fully saturated rings. The van der Waals surface area contributed by atoms with E-state index in [1.54, 1.807) is 24.3 Å². The van der Waals surface area contributed by atoms with Crippen LogP contribution in [-0.2, 0) is 6.54 Å². The second kappa shape index (κ2) is 7.04. The summed E-state index contributed by atoms with van der Waals surface area (Å²) in [4.78, 5) is 30.2. The number of rotatable bonds is 5. The van der Waals surface area contributed by atoms with E-state index in [2.05, 4.69) is 10.1 Å². The fourth-order valence-electron chi connectivity index (χ4n) is 2.62. The molecule has 9 heteroatoms. The van der Waals surface area contributed by atoms with Crippen molar-refractivity contribution in [2.24, 2.45) is 0 Å². The Morgan fingerprint density at radius 2 is 1.96 bits per heavy atom. The van der Waals surface area contributed by atoms with E-state index in [1.807, 2.05) is 17.5 Å². The summed E-state index contributed by atoms with van der Waals surface area (Å²) in [6, 6.07) is 10.7. The number of para-hydroxylation sites is 2. The first kappa shape index (κ1) is 17.0. The third-order valence-corrected chi connectivity index (χ3v) is 4.78. The molecule has 136 valence electrons. The van der Waals surface area contributed by atoms with E-state index in [0.29, 0.717) is 17.3 Å². The van der Waals surface area contributed by atoms with Crippen LogP contribution in [0.15, 0.2) is 68.3 Å². The molecule has 0 amide bonds. The van der Waals surface area contributed by atoms with Crippen molar-refractivity contribution >= 4 is 11.3 Å². The van der Waals surface area contributed by atoms with Crippen LogP contribution in [0.25, 0.3) is 16.4 Å². The van der Waals surface area contributed by atoms with Gasteiger partial charge in [-0.3, -0.25) is 18.7 Å². The molecule has 0 aliphatic heterocycles. The van der Waals surface area contributed by atoms with E-state index in [1.165, 1.54) is 40.0 Å². The van der Waals surface area contributed by atoms with Crippen molar-refractivity contribution in [1.82, 2.24) is 19.3 Å². The predicted octanol–water partition coefficient (Wildman–Crippen LogP) is 2.17. The highest BCUT2D eigenvalue weighted by molar-refractivity contribution is 7.13. The number of thiophene rings is 1. The molecule has 3 aromatic heterocycles. The predicted molar refractivity (Wildman–Crippen MR) is 99.6 cm³/mol. The first-order valence-corrected chi connectivity index (χ1v) is 8.87. The van der Waals surface area contributed by atoms with Gasteiger partial charge in [-0.1, -0.05) is 23.4 Å². The smallest absolute Gasteiger partial charge is 0.321 e. The second-order valence-electron chi connectivity index (χ2n) is 5.57. The zero-order valence-electron chi connectivity index (χ0n) is 14.2. The quantitative estimate of drug-likeness (QED) is 0.491. The van der Waals surface area contributed by atoms with E-state index in [-0.39, 0.29) is 12.4 Å². The van der Waals surface area contributed by atoms with Gasteiger partial charge in [-0.15, -0.1) is 11.3 Å². The highest BCUT2D eigenvalue weighted by Gasteiger charge is 2.14. The van der Waals surface area contributed by atoms with Crippen molar-refractivity contribution < 1.29 is 9.26 Å². The standard InChI is InChI=1S/C18H14N4O4S/c1-25-13-6-3-2-5-12(13)22-9-8-21(17(23)18(22)24)11-15-19-16(20-26-15)14-7-4-10-27-14/h2-10H,11H2,1H3. The van der Waals surface area contributed by atoms with Crippen LogP contribution in [0.5, 0.6) is 5.75 Å². The van der Waals surface area contributed by atoms with Gasteiger partial charge in [0.15, 0.2) is 0 Å². The lowest BCUT2D eigenvalue weighted by Crippen LogP contribution is -2.40. The minimum absolute atomic E-state index is 0.0131. The van der Waals surface area contributed by atoms with Gasteiger partial charge in [0.25, 0.3) is 0 Å². The number of nitrogens with zero attached hydrogens (tertiary/aromatic N) is 4. The van der Waals surface area contributed by atoms with Gasteiger partial charge in [0.1, 0.15) is 12.3 Å². The third kappa shape index (κ3) is 3.20. The maximum absolute atomic E-state index is 12.5. The molecule has 3 heterocycles. The van der Waals surface area contributed by atoms with Crippen molar-refractivity contribution in [2.45, 2.75) is 6.54 Å². The number of ether oxygens (including phenoxy) is 1. The molecule has 0 radical (unpaired) electrons. The van der Waals surface area contributed by atoms with Crippen molar-refractivity contribution in [3.8, 4) is 22.1 Å². The summed E-state index contributed by atoms with van der Waals surface area (Å²) in [6.07, 6.45) is 3.02. The van der Waals surface area contributed by atoms with Gasteiger partial charge in [-0.25, -0.2) is 0 Å². The fraction of sp³-hybridized carbons (Fsp3) is 0.111. The summed E-state index contributed by atoms with van der Waals surface area (Å²) < 4.78 is 12.9. The minimum atomic E-state index is -0.695. The molecule has 27 heavy (non-hydrogen) atoms. The van der Waals surface area contributed by atoms with Gasteiger partial charge in [0.05, 0.1) is 17.7 Å². The lowest BCUT2D eigenvalue weighted by Gasteiger charge is -2.11. The van der Waals surface area contributed by atoms with Crippen LogP contribution in [-0.4, -0.2) is 26.4 Å². The fourth-order valence-corrected chi connectivity index (χ4v) is 3.27. The van der Waals surface area contributed by atoms with E-state index in [0.717, 1.165) is 4.88 Å². The van der Waals surface area contributed by atoms with Crippen LogP contribution < -0.4 is 15.9 Å². The molecule has 0 aliphatic carbocycles. The Morgan fingerprint density at radius 1 is 1.11 bits per heavy atom. The summed E-state index contributed by atoms with van der Waals surface area (Å²) in [5.41, 5.74) is -0.897. The number of methoxy groups -OCH3 is 1. The second-order valence-corrected chi connectivity index (χ2v) is 6.51. The molecule has 0 unspecified atom stereocenters. The van der Waals surface area contributed by atoms with E-state index in [4.69, 9.17) is 9.26 Å². The molecule has 0 atom stereocenters. The van der Waals surface area contributed by atoms with Gasteiger partial charge in [-0.2, -0.15) is 4.98 Å². The van der Waals surface area contributed by atoms with Crippen LogP contribution in [0.4, 0.5) is 0 Å². The first-order chi connectivity index (χ1) is 13.2. The molecule has 0 saturated heterocycles. The van der Waals surface area contributed by atoms with Crippen molar-refractivity contribution in [3.63, 3.8) is 0 Å². The largest absolute Gasteiger partial charge is 0.495 e. The Morgan fingerprint density at radius 3 is 2.74 bits per heavy atom. The summed E-state index contributed by atoms with van der Waals surface area (Å²) in [5, 5.41) is 5.81. The molecular formula is C18H14N4O4S. The summed E-state index contributed by atoms with van der Waals surface area (Å²) in [5.74, 6) is 1.19. The third-order valence-electron chi connectivity index (χ3n) is 3.92. The zero-order chi connectivity index (χ0) is 18.8. The molecule has 0 aliphatic rings. The normalized spacial score (nSPS) is 10.9. The number of benzene rings is 1. The highest BCUT2D eigenvalue weighted by atomic mass is 32.1. The molecular weight excluding hydrogens is 368 g/mol. The monoisotopic (exact) mass is 382 g/mol. The highest BCUT2D eigenvalue weighted by Crippen LogP contribution is 2.22. The Bertz CT molecular complexity index is 1190. The van der Waals surface area contributed by atoms with E-state index < -0.39 is 11.1 Å². The average Bonchev–Trinajstić information content (AvgIpc) is 3.37. The lowest BCUT2D eigenvalue weighted by molar-refractivity contribution is 0.369. The molecule has 8 nitrogen and oxygen atoms in total. The van der Waals surface area contributed by atoms with Gasteiger partial charge < -0.3 is 9.26 Å². The maximum atomic E-state index is 12.5. The SMILES string of the molecule is COc1ccccc1-n1ccn(Cc2nc(-c3cccs3)no2)c(=O)c1=O. The van der Waals surface area contributed by atoms with Gasteiger partial charge in [-0.05, 0) is 23.6 Å². The Kier molecular flexibility index (Phi) is 4.43.